The van der Waals surface area contributed by atoms with Crippen molar-refractivity contribution in [3.05, 3.63) is 62.8 Å². The highest BCUT2D eigenvalue weighted by Crippen LogP contribution is 2.37. The summed E-state index contributed by atoms with van der Waals surface area (Å²) in [5, 5.41) is -0.0433. The molecular formula is C15H8BrClFNO2. The molecule has 3 rings (SSSR count). The van der Waals surface area contributed by atoms with Gasteiger partial charge in [0.15, 0.2) is 0 Å². The van der Waals surface area contributed by atoms with E-state index in [1.54, 1.807) is 24.3 Å². The van der Waals surface area contributed by atoms with E-state index < -0.39 is 17.5 Å². The summed E-state index contributed by atoms with van der Waals surface area (Å²) in [4.78, 5) is 25.4. The maximum absolute atomic E-state index is 13.5. The number of ketones is 1. The fraction of sp³-hybridized carbons (Fsp3) is 0.0667. The number of carbonyl (C=O) groups excluding carboxylic acids is 2. The van der Waals surface area contributed by atoms with Crippen LogP contribution in [0.25, 0.3) is 0 Å². The first kappa shape index (κ1) is 14.2. The maximum atomic E-state index is 13.5. The lowest BCUT2D eigenvalue weighted by molar-refractivity contribution is -0.114. The SMILES string of the molecule is O=C1C(=O)N(Cc2cccc(F)c2Cl)c2c(Br)cccc21. The molecule has 0 saturated heterocycles. The minimum absolute atomic E-state index is 0.0385. The van der Waals surface area contributed by atoms with Gasteiger partial charge >= 0.3 is 0 Å². The van der Waals surface area contributed by atoms with Gasteiger partial charge in [-0.25, -0.2) is 4.39 Å². The normalized spacial score (nSPS) is 13.8. The number of fused-ring (bicyclic) bond motifs is 1. The number of para-hydroxylation sites is 1. The zero-order valence-corrected chi connectivity index (χ0v) is 12.9. The molecule has 0 saturated carbocycles. The minimum atomic E-state index is -0.641. The van der Waals surface area contributed by atoms with Gasteiger partial charge in [-0.2, -0.15) is 0 Å². The summed E-state index contributed by atoms with van der Waals surface area (Å²) in [6, 6.07) is 9.40. The number of rotatable bonds is 2. The van der Waals surface area contributed by atoms with E-state index in [1.807, 2.05) is 0 Å². The summed E-state index contributed by atoms with van der Waals surface area (Å²) >= 11 is 9.25. The molecule has 1 aliphatic rings. The standard InChI is InChI=1S/C15H8BrClFNO2/c16-10-5-2-4-9-13(10)19(15(21)14(9)20)7-8-3-1-6-11(18)12(8)17/h1-6H,7H2. The van der Waals surface area contributed by atoms with E-state index in [0.717, 1.165) is 0 Å². The van der Waals surface area contributed by atoms with Crippen molar-refractivity contribution in [3.63, 3.8) is 0 Å². The topological polar surface area (TPSA) is 37.4 Å². The number of anilines is 1. The number of nitrogens with zero attached hydrogens (tertiary/aromatic N) is 1. The fourth-order valence-corrected chi connectivity index (χ4v) is 3.07. The molecule has 0 aliphatic carbocycles. The Kier molecular flexibility index (Phi) is 3.55. The zero-order chi connectivity index (χ0) is 15.1. The molecule has 1 aliphatic heterocycles. The second-order valence-corrected chi connectivity index (χ2v) is 5.80. The number of halogens is 3. The maximum Gasteiger partial charge on any atom is 0.299 e. The first-order chi connectivity index (χ1) is 10.0. The van der Waals surface area contributed by atoms with Gasteiger partial charge in [0, 0.05) is 4.47 Å². The Hall–Kier alpha value is -1.72. The number of carbonyl (C=O) groups is 2. The van der Waals surface area contributed by atoms with E-state index in [-0.39, 0.29) is 11.6 Å². The third-order valence-electron chi connectivity index (χ3n) is 3.30. The van der Waals surface area contributed by atoms with Crippen molar-refractivity contribution in [1.29, 1.82) is 0 Å². The van der Waals surface area contributed by atoms with Gasteiger partial charge in [-0.05, 0) is 39.7 Å². The van der Waals surface area contributed by atoms with Crippen LogP contribution in [0.15, 0.2) is 40.9 Å². The highest BCUT2D eigenvalue weighted by atomic mass is 79.9. The molecule has 0 bridgehead atoms. The Labute approximate surface area is 133 Å². The molecule has 2 aromatic rings. The molecule has 0 aromatic heterocycles. The molecular weight excluding hydrogens is 361 g/mol. The van der Waals surface area contributed by atoms with Gasteiger partial charge in [-0.3, -0.25) is 14.5 Å². The molecule has 1 amide bonds. The van der Waals surface area contributed by atoms with E-state index >= 15 is 0 Å². The molecule has 3 nitrogen and oxygen atoms in total. The van der Waals surface area contributed by atoms with Crippen molar-refractivity contribution in [2.24, 2.45) is 0 Å². The first-order valence-electron chi connectivity index (χ1n) is 6.08. The van der Waals surface area contributed by atoms with Gasteiger partial charge in [-0.15, -0.1) is 0 Å². The predicted molar refractivity (Wildman–Crippen MR) is 81.1 cm³/mol. The van der Waals surface area contributed by atoms with Crippen molar-refractivity contribution >= 4 is 44.9 Å². The van der Waals surface area contributed by atoms with Gasteiger partial charge in [0.25, 0.3) is 11.7 Å². The van der Waals surface area contributed by atoms with Crippen LogP contribution in [0.1, 0.15) is 15.9 Å². The Morgan fingerprint density at radius 3 is 2.62 bits per heavy atom. The molecule has 0 spiro atoms. The van der Waals surface area contributed by atoms with Crippen LogP contribution >= 0.6 is 27.5 Å². The highest BCUT2D eigenvalue weighted by Gasteiger charge is 2.37. The summed E-state index contributed by atoms with van der Waals surface area (Å²) in [6.45, 7) is 0.0385. The largest absolute Gasteiger partial charge is 0.299 e. The van der Waals surface area contributed by atoms with Crippen LogP contribution in [0.5, 0.6) is 0 Å². The second kappa shape index (κ2) is 5.24. The van der Waals surface area contributed by atoms with Crippen molar-refractivity contribution in [2.45, 2.75) is 6.54 Å². The molecule has 21 heavy (non-hydrogen) atoms. The Balaban J connectivity index is 2.07. The zero-order valence-electron chi connectivity index (χ0n) is 10.6. The summed E-state index contributed by atoms with van der Waals surface area (Å²) in [6.07, 6.45) is 0. The van der Waals surface area contributed by atoms with E-state index in [1.165, 1.54) is 17.0 Å². The Bertz CT molecular complexity index is 778. The first-order valence-corrected chi connectivity index (χ1v) is 7.25. The van der Waals surface area contributed by atoms with E-state index in [4.69, 9.17) is 11.6 Å². The quantitative estimate of drug-likeness (QED) is 0.752. The number of benzene rings is 2. The van der Waals surface area contributed by atoms with Crippen LogP contribution in [-0.4, -0.2) is 11.7 Å². The molecule has 1 heterocycles. The van der Waals surface area contributed by atoms with Gasteiger partial charge in [0.2, 0.25) is 0 Å². The van der Waals surface area contributed by atoms with Crippen LogP contribution in [0, 0.1) is 5.82 Å². The van der Waals surface area contributed by atoms with Crippen molar-refractivity contribution in [3.8, 4) is 0 Å². The van der Waals surface area contributed by atoms with E-state index in [9.17, 15) is 14.0 Å². The van der Waals surface area contributed by atoms with Crippen molar-refractivity contribution < 1.29 is 14.0 Å². The van der Waals surface area contributed by atoms with Gasteiger partial charge in [0.05, 0.1) is 22.8 Å². The average molecular weight is 369 g/mol. The number of hydrogen-bond donors (Lipinski definition) is 0. The van der Waals surface area contributed by atoms with Gasteiger partial charge in [0.1, 0.15) is 5.82 Å². The molecule has 0 radical (unpaired) electrons. The Morgan fingerprint density at radius 2 is 1.86 bits per heavy atom. The Morgan fingerprint density at radius 1 is 1.14 bits per heavy atom. The lowest BCUT2D eigenvalue weighted by Crippen LogP contribution is -2.29. The number of amides is 1. The van der Waals surface area contributed by atoms with Crippen LogP contribution < -0.4 is 4.90 Å². The van der Waals surface area contributed by atoms with Gasteiger partial charge < -0.3 is 0 Å². The average Bonchev–Trinajstić information content (AvgIpc) is 2.70. The molecule has 2 aromatic carbocycles. The highest BCUT2D eigenvalue weighted by molar-refractivity contribution is 9.10. The number of Topliss-reactive ketones (excluding diaryl/α,β-unsaturated/α-hetero) is 1. The summed E-state index contributed by atoms with van der Waals surface area (Å²) in [5.41, 5.74) is 1.27. The summed E-state index contributed by atoms with van der Waals surface area (Å²) in [5.74, 6) is -1.77. The lowest BCUT2D eigenvalue weighted by Gasteiger charge is -2.18. The monoisotopic (exact) mass is 367 g/mol. The smallest absolute Gasteiger partial charge is 0.299 e. The van der Waals surface area contributed by atoms with Crippen LogP contribution in [0.4, 0.5) is 10.1 Å². The molecule has 106 valence electrons. The molecule has 0 N–H and O–H groups in total. The molecule has 0 fully saturated rings. The van der Waals surface area contributed by atoms with Crippen LogP contribution in [0.3, 0.4) is 0 Å². The van der Waals surface area contributed by atoms with E-state index in [2.05, 4.69) is 15.9 Å². The molecule has 0 atom stereocenters. The molecule has 0 unspecified atom stereocenters. The fourth-order valence-electron chi connectivity index (χ4n) is 2.30. The van der Waals surface area contributed by atoms with Crippen LogP contribution in [0.2, 0.25) is 5.02 Å². The lowest BCUT2D eigenvalue weighted by atomic mass is 10.1. The van der Waals surface area contributed by atoms with Crippen molar-refractivity contribution in [1.82, 2.24) is 0 Å². The third-order valence-corrected chi connectivity index (χ3v) is 4.36. The number of hydrogen-bond acceptors (Lipinski definition) is 2. The van der Waals surface area contributed by atoms with Crippen molar-refractivity contribution in [2.75, 3.05) is 4.90 Å². The van der Waals surface area contributed by atoms with Crippen LogP contribution in [-0.2, 0) is 11.3 Å². The summed E-state index contributed by atoms with van der Waals surface area (Å²) in [7, 11) is 0. The second-order valence-electron chi connectivity index (χ2n) is 4.57. The summed E-state index contributed by atoms with van der Waals surface area (Å²) < 4.78 is 14.1. The minimum Gasteiger partial charge on any atom is -0.299 e. The predicted octanol–water partition coefficient (Wildman–Crippen LogP) is 3.97. The third kappa shape index (κ3) is 2.26. The van der Waals surface area contributed by atoms with E-state index in [0.29, 0.717) is 21.3 Å². The van der Waals surface area contributed by atoms with Gasteiger partial charge in [-0.1, -0.05) is 29.8 Å². The molecule has 6 heteroatoms.